The van der Waals surface area contributed by atoms with Crippen molar-refractivity contribution in [3.63, 3.8) is 0 Å². The zero-order chi connectivity index (χ0) is 18.5. The molecule has 4 rings (SSSR count). The Bertz CT molecular complexity index is 1030. The van der Waals surface area contributed by atoms with Crippen LogP contribution in [-0.2, 0) is 10.0 Å². The van der Waals surface area contributed by atoms with Gasteiger partial charge in [-0.2, -0.15) is 0 Å². The second-order valence-electron chi connectivity index (χ2n) is 7.39. The Morgan fingerprint density at radius 2 is 2.04 bits per heavy atom. The predicted octanol–water partition coefficient (Wildman–Crippen LogP) is 2.19. The van der Waals surface area contributed by atoms with Crippen LogP contribution in [0.5, 0.6) is 0 Å². The molecule has 1 fully saturated rings. The van der Waals surface area contributed by atoms with E-state index in [0.717, 1.165) is 30.7 Å². The second kappa shape index (κ2) is 6.28. The lowest BCUT2D eigenvalue weighted by Gasteiger charge is -2.30. The summed E-state index contributed by atoms with van der Waals surface area (Å²) < 4.78 is 28.5. The van der Waals surface area contributed by atoms with Crippen molar-refractivity contribution in [1.82, 2.24) is 14.5 Å². The summed E-state index contributed by atoms with van der Waals surface area (Å²) in [6.07, 6.45) is 4.44. The number of nitrogens with one attached hydrogen (secondary N) is 2. The lowest BCUT2D eigenvalue weighted by Crippen LogP contribution is -2.37. The number of H-pyrrole nitrogens is 1. The number of hydrogen-bond acceptors (Lipinski definition) is 4. The van der Waals surface area contributed by atoms with Gasteiger partial charge >= 0.3 is 5.69 Å². The molecule has 2 aliphatic rings. The summed E-state index contributed by atoms with van der Waals surface area (Å²) in [7, 11) is -3.32. The van der Waals surface area contributed by atoms with Gasteiger partial charge in [0.1, 0.15) is 0 Å². The van der Waals surface area contributed by atoms with E-state index >= 15 is 0 Å². The van der Waals surface area contributed by atoms with E-state index in [4.69, 9.17) is 0 Å². The van der Waals surface area contributed by atoms with E-state index in [1.54, 1.807) is 22.8 Å². The average Bonchev–Trinajstić information content (AvgIpc) is 3.38. The summed E-state index contributed by atoms with van der Waals surface area (Å²) in [6.45, 7) is 6.02. The molecule has 1 aliphatic carbocycles. The van der Waals surface area contributed by atoms with Crippen LogP contribution in [0.3, 0.4) is 0 Å². The first-order valence-corrected chi connectivity index (χ1v) is 10.6. The van der Waals surface area contributed by atoms with Crippen LogP contribution in [0.2, 0.25) is 0 Å². The molecule has 0 saturated heterocycles. The van der Waals surface area contributed by atoms with E-state index in [1.165, 1.54) is 0 Å². The Balaban J connectivity index is 1.68. The first kappa shape index (κ1) is 17.4. The molecule has 0 atom stereocenters. The van der Waals surface area contributed by atoms with Crippen LogP contribution >= 0.6 is 0 Å². The zero-order valence-corrected chi connectivity index (χ0v) is 15.8. The van der Waals surface area contributed by atoms with Gasteiger partial charge in [0.2, 0.25) is 10.0 Å². The van der Waals surface area contributed by atoms with Crippen molar-refractivity contribution >= 4 is 32.4 Å². The van der Waals surface area contributed by atoms with Crippen LogP contribution in [0.1, 0.15) is 33.1 Å². The van der Waals surface area contributed by atoms with Gasteiger partial charge < -0.3 is 4.98 Å². The highest BCUT2D eigenvalue weighted by molar-refractivity contribution is 7.93. The third-order valence-corrected chi connectivity index (χ3v) is 6.95. The van der Waals surface area contributed by atoms with Crippen LogP contribution in [0.15, 0.2) is 29.1 Å². The maximum absolute atomic E-state index is 12.5. The van der Waals surface area contributed by atoms with E-state index in [1.807, 2.05) is 0 Å². The summed E-state index contributed by atoms with van der Waals surface area (Å²) in [5.41, 5.74) is 2.65. The number of hydrogen-bond donors (Lipinski definition) is 2. The van der Waals surface area contributed by atoms with E-state index < -0.39 is 10.0 Å². The summed E-state index contributed by atoms with van der Waals surface area (Å²) in [5, 5.41) is -0.281. The fourth-order valence-corrected chi connectivity index (χ4v) is 4.82. The van der Waals surface area contributed by atoms with Crippen molar-refractivity contribution in [3.8, 4) is 0 Å². The molecule has 1 aromatic heterocycles. The molecule has 2 heterocycles. The van der Waals surface area contributed by atoms with Crippen molar-refractivity contribution in [2.24, 2.45) is 0 Å². The van der Waals surface area contributed by atoms with Crippen molar-refractivity contribution in [2.45, 2.75) is 44.4 Å². The predicted molar refractivity (Wildman–Crippen MR) is 104 cm³/mol. The minimum absolute atomic E-state index is 0.195. The number of aromatic amines is 1. The Labute approximate surface area is 152 Å². The topological polar surface area (TPSA) is 87.2 Å². The average molecular weight is 376 g/mol. The standard InChI is InChI=1S/C18H24N4O3S/c1-12(2)21-9-3-4-14(11-21)22-17-8-5-13(10-16(17)19-18(22)23)20-26(24,25)15-6-7-15/h4-5,8,10,12,15,20H,3,6-7,9,11H2,1-2H3,(H,19,23). The number of anilines is 1. The molecule has 1 aliphatic heterocycles. The van der Waals surface area contributed by atoms with Gasteiger partial charge in [-0.15, -0.1) is 0 Å². The lowest BCUT2D eigenvalue weighted by molar-refractivity contribution is 0.244. The van der Waals surface area contributed by atoms with Gasteiger partial charge in [-0.1, -0.05) is 6.08 Å². The molecule has 26 heavy (non-hydrogen) atoms. The number of nitrogens with zero attached hydrogens (tertiary/aromatic N) is 2. The Hall–Kier alpha value is -2.06. The molecule has 1 aromatic carbocycles. The molecule has 7 nitrogen and oxygen atoms in total. The van der Waals surface area contributed by atoms with Crippen molar-refractivity contribution in [3.05, 3.63) is 34.8 Å². The van der Waals surface area contributed by atoms with Crippen LogP contribution in [-0.4, -0.2) is 47.3 Å². The fraction of sp³-hybridized carbons (Fsp3) is 0.500. The highest BCUT2D eigenvalue weighted by Gasteiger charge is 2.35. The van der Waals surface area contributed by atoms with Gasteiger partial charge in [-0.3, -0.25) is 14.2 Å². The summed E-state index contributed by atoms with van der Waals surface area (Å²) >= 11 is 0. The lowest BCUT2D eigenvalue weighted by atomic mass is 10.1. The highest BCUT2D eigenvalue weighted by atomic mass is 32.2. The van der Waals surface area contributed by atoms with Gasteiger partial charge in [-0.25, -0.2) is 13.2 Å². The van der Waals surface area contributed by atoms with E-state index in [9.17, 15) is 13.2 Å². The number of sulfonamides is 1. The van der Waals surface area contributed by atoms with Crippen molar-refractivity contribution in [1.29, 1.82) is 0 Å². The van der Waals surface area contributed by atoms with Gasteiger partial charge in [0, 0.05) is 24.8 Å². The maximum atomic E-state index is 12.5. The molecule has 2 N–H and O–H groups in total. The number of benzene rings is 1. The first-order valence-electron chi connectivity index (χ1n) is 9.05. The summed E-state index contributed by atoms with van der Waals surface area (Å²) in [6, 6.07) is 5.63. The number of aromatic nitrogens is 2. The molecule has 140 valence electrons. The normalized spacial score (nSPS) is 19.1. The molecule has 1 saturated carbocycles. The molecule has 0 unspecified atom stereocenters. The SMILES string of the molecule is CC(C)N1CCC=C(n2c(=O)[nH]c3cc(NS(=O)(=O)C4CC4)ccc32)C1. The first-order chi connectivity index (χ1) is 12.3. The third kappa shape index (κ3) is 3.19. The Morgan fingerprint density at radius 1 is 1.27 bits per heavy atom. The summed E-state index contributed by atoms with van der Waals surface area (Å²) in [5.74, 6) is 0. The highest BCUT2D eigenvalue weighted by Crippen LogP contribution is 2.30. The van der Waals surface area contributed by atoms with Crippen LogP contribution in [0.25, 0.3) is 16.7 Å². The largest absolute Gasteiger partial charge is 0.330 e. The second-order valence-corrected chi connectivity index (χ2v) is 9.35. The Kier molecular flexibility index (Phi) is 4.19. The molecule has 0 spiro atoms. The van der Waals surface area contributed by atoms with Gasteiger partial charge in [0.25, 0.3) is 0 Å². The maximum Gasteiger partial charge on any atom is 0.330 e. The third-order valence-electron chi connectivity index (χ3n) is 5.08. The van der Waals surface area contributed by atoms with Crippen LogP contribution in [0.4, 0.5) is 5.69 Å². The van der Waals surface area contributed by atoms with Crippen molar-refractivity contribution in [2.75, 3.05) is 17.8 Å². The van der Waals surface area contributed by atoms with E-state index in [0.29, 0.717) is 30.1 Å². The molecule has 2 aromatic rings. The number of rotatable bonds is 5. The van der Waals surface area contributed by atoms with E-state index in [2.05, 4.69) is 34.5 Å². The zero-order valence-electron chi connectivity index (χ0n) is 15.0. The van der Waals surface area contributed by atoms with Crippen molar-refractivity contribution < 1.29 is 8.42 Å². The number of fused-ring (bicyclic) bond motifs is 1. The van der Waals surface area contributed by atoms with Gasteiger partial charge in [0.15, 0.2) is 0 Å². The molecular formula is C18H24N4O3S. The summed E-state index contributed by atoms with van der Waals surface area (Å²) in [4.78, 5) is 17.7. The molecular weight excluding hydrogens is 352 g/mol. The molecule has 0 amide bonds. The monoisotopic (exact) mass is 376 g/mol. The van der Waals surface area contributed by atoms with Crippen LogP contribution < -0.4 is 10.4 Å². The van der Waals surface area contributed by atoms with Gasteiger partial charge in [0.05, 0.1) is 22.0 Å². The number of imidazole rings is 1. The molecule has 0 bridgehead atoms. The smallest absolute Gasteiger partial charge is 0.305 e. The fourth-order valence-electron chi connectivity index (χ4n) is 3.44. The van der Waals surface area contributed by atoms with Gasteiger partial charge in [-0.05, 0) is 51.3 Å². The van der Waals surface area contributed by atoms with Crippen LogP contribution in [0, 0.1) is 0 Å². The Morgan fingerprint density at radius 3 is 2.73 bits per heavy atom. The van der Waals surface area contributed by atoms with E-state index in [-0.39, 0.29) is 10.9 Å². The molecule has 8 heteroatoms. The molecule has 0 radical (unpaired) electrons. The quantitative estimate of drug-likeness (QED) is 0.837. The minimum Gasteiger partial charge on any atom is -0.305 e. The minimum atomic E-state index is -3.32.